The third-order valence-corrected chi connectivity index (χ3v) is 9.10. The van der Waals surface area contributed by atoms with Crippen molar-refractivity contribution >= 4 is 28.2 Å². The highest BCUT2D eigenvalue weighted by atomic mass is 16.4. The summed E-state index contributed by atoms with van der Waals surface area (Å²) in [5.41, 5.74) is 6.10. The van der Waals surface area contributed by atoms with E-state index >= 15 is 0 Å². The lowest BCUT2D eigenvalue weighted by Gasteiger charge is -2.40. The number of pyridine rings is 3. The van der Waals surface area contributed by atoms with Crippen molar-refractivity contribution in [3.63, 3.8) is 0 Å². The van der Waals surface area contributed by atoms with Gasteiger partial charge in [-0.05, 0) is 80.6 Å². The number of fused-ring (bicyclic) bond motifs is 1. The van der Waals surface area contributed by atoms with E-state index in [9.17, 15) is 14.7 Å². The number of carboxylic acid groups (broad SMARTS) is 1. The Morgan fingerprint density at radius 1 is 1.00 bits per heavy atom. The molecular formula is C34H40N6O3. The average molecular weight is 581 g/mol. The lowest BCUT2D eigenvalue weighted by atomic mass is 9.96. The standard InChI is InChI=1S/C34H40N6O3/c1-24-17-25(9-13-36-24)20-40(30-6-4-14-39(23-30)29-5-3-12-35-19-29)22-27-21-37(2)32-18-28(7-8-31(32)33(27)41)38-15-10-26(11-16-38)34(42)43/h3,5,7-9,12-13,17-19,21,26,30H,4,6,10-11,14-16,20,22-23H2,1-2H3,(H,42,43)/t30-/m0/s1. The Labute approximate surface area is 252 Å². The van der Waals surface area contributed by atoms with E-state index in [1.165, 1.54) is 5.56 Å². The van der Waals surface area contributed by atoms with Crippen LogP contribution in [0.5, 0.6) is 0 Å². The first-order valence-electron chi connectivity index (χ1n) is 15.3. The van der Waals surface area contributed by atoms with Crippen molar-refractivity contribution in [1.82, 2.24) is 19.4 Å². The van der Waals surface area contributed by atoms with Gasteiger partial charge in [0, 0.05) is 93.3 Å². The third-order valence-electron chi connectivity index (χ3n) is 9.10. The maximum absolute atomic E-state index is 13.9. The van der Waals surface area contributed by atoms with Gasteiger partial charge in [0.25, 0.3) is 0 Å². The van der Waals surface area contributed by atoms with Gasteiger partial charge in [0.1, 0.15) is 0 Å². The number of aryl methyl sites for hydroxylation is 2. The van der Waals surface area contributed by atoms with Gasteiger partial charge in [-0.15, -0.1) is 0 Å². The molecule has 9 heteroatoms. The topological polar surface area (TPSA) is 94.8 Å². The predicted octanol–water partition coefficient (Wildman–Crippen LogP) is 4.61. The molecule has 6 rings (SSSR count). The molecule has 0 saturated carbocycles. The van der Waals surface area contributed by atoms with Gasteiger partial charge in [0.2, 0.25) is 0 Å². The second-order valence-electron chi connectivity index (χ2n) is 12.1. The summed E-state index contributed by atoms with van der Waals surface area (Å²) in [7, 11) is 2.01. The highest BCUT2D eigenvalue weighted by Crippen LogP contribution is 2.28. The summed E-state index contributed by atoms with van der Waals surface area (Å²) in [4.78, 5) is 41.2. The van der Waals surface area contributed by atoms with Gasteiger partial charge in [0.05, 0.1) is 23.3 Å². The molecular weight excluding hydrogens is 540 g/mol. The number of carbonyl (C=O) groups is 1. The molecule has 0 aliphatic carbocycles. The van der Waals surface area contributed by atoms with Crippen molar-refractivity contribution in [1.29, 1.82) is 0 Å². The molecule has 224 valence electrons. The minimum absolute atomic E-state index is 0.0695. The zero-order chi connectivity index (χ0) is 29.9. The summed E-state index contributed by atoms with van der Waals surface area (Å²) in [6.45, 7) is 6.59. The van der Waals surface area contributed by atoms with Gasteiger partial charge in [0.15, 0.2) is 5.43 Å². The number of anilines is 2. The fourth-order valence-corrected chi connectivity index (χ4v) is 6.73. The van der Waals surface area contributed by atoms with Crippen LogP contribution in [0.4, 0.5) is 11.4 Å². The van der Waals surface area contributed by atoms with E-state index < -0.39 is 5.97 Å². The summed E-state index contributed by atoms with van der Waals surface area (Å²) in [6.07, 6.45) is 11.0. The molecule has 0 unspecified atom stereocenters. The quantitative estimate of drug-likeness (QED) is 0.323. The van der Waals surface area contributed by atoms with Gasteiger partial charge in [-0.25, -0.2) is 0 Å². The largest absolute Gasteiger partial charge is 0.481 e. The highest BCUT2D eigenvalue weighted by Gasteiger charge is 2.28. The molecule has 0 bridgehead atoms. The van der Waals surface area contributed by atoms with Crippen LogP contribution < -0.4 is 15.2 Å². The fourth-order valence-electron chi connectivity index (χ4n) is 6.73. The number of carboxylic acids is 1. The molecule has 43 heavy (non-hydrogen) atoms. The van der Waals surface area contributed by atoms with Crippen LogP contribution in [0.25, 0.3) is 10.9 Å². The molecule has 2 aliphatic heterocycles. The summed E-state index contributed by atoms with van der Waals surface area (Å²) < 4.78 is 2.07. The lowest BCUT2D eigenvalue weighted by molar-refractivity contribution is -0.142. The first-order chi connectivity index (χ1) is 20.9. The first kappa shape index (κ1) is 28.9. The van der Waals surface area contributed by atoms with E-state index in [0.717, 1.165) is 60.6 Å². The van der Waals surface area contributed by atoms with Crippen molar-refractivity contribution in [3.05, 3.63) is 94.3 Å². The van der Waals surface area contributed by atoms with E-state index in [0.29, 0.717) is 37.9 Å². The molecule has 3 aromatic heterocycles. The van der Waals surface area contributed by atoms with Gasteiger partial charge >= 0.3 is 5.97 Å². The third kappa shape index (κ3) is 6.41. The Hall–Kier alpha value is -4.24. The molecule has 5 heterocycles. The van der Waals surface area contributed by atoms with Crippen molar-refractivity contribution in [2.75, 3.05) is 36.0 Å². The summed E-state index contributed by atoms with van der Waals surface area (Å²) in [6, 6.07) is 14.6. The van der Waals surface area contributed by atoms with E-state index in [2.05, 4.69) is 53.5 Å². The molecule has 2 fully saturated rings. The number of benzene rings is 1. The zero-order valence-corrected chi connectivity index (χ0v) is 25.0. The normalized spacial score (nSPS) is 18.0. The summed E-state index contributed by atoms with van der Waals surface area (Å²) in [5.74, 6) is -0.984. The van der Waals surface area contributed by atoms with Crippen molar-refractivity contribution in [2.24, 2.45) is 13.0 Å². The van der Waals surface area contributed by atoms with E-state index in [4.69, 9.17) is 0 Å². The maximum atomic E-state index is 13.9. The molecule has 2 saturated heterocycles. The summed E-state index contributed by atoms with van der Waals surface area (Å²) >= 11 is 0. The molecule has 1 aromatic carbocycles. The zero-order valence-electron chi connectivity index (χ0n) is 25.0. The van der Waals surface area contributed by atoms with E-state index in [-0.39, 0.29) is 17.4 Å². The SMILES string of the molecule is Cc1cc(CN(Cc2cn(C)c3cc(N4CCC(C(=O)O)CC4)ccc3c2=O)[C@H]2CCCN(c3cccnc3)C2)ccn1. The van der Waals surface area contributed by atoms with Crippen molar-refractivity contribution in [2.45, 2.75) is 51.7 Å². The number of piperidine rings is 2. The number of rotatable bonds is 8. The fraction of sp³-hybridized carbons (Fsp3) is 0.412. The Morgan fingerprint density at radius 2 is 1.84 bits per heavy atom. The minimum atomic E-state index is -0.709. The minimum Gasteiger partial charge on any atom is -0.481 e. The lowest BCUT2D eigenvalue weighted by Crippen LogP contribution is -2.48. The molecule has 4 aromatic rings. The van der Waals surface area contributed by atoms with Crippen LogP contribution in [0.1, 0.15) is 42.5 Å². The van der Waals surface area contributed by atoms with Crippen LogP contribution in [-0.4, -0.2) is 62.7 Å². The molecule has 1 N–H and O–H groups in total. The van der Waals surface area contributed by atoms with Gasteiger partial charge in [-0.1, -0.05) is 0 Å². The molecule has 9 nitrogen and oxygen atoms in total. The Bertz CT molecular complexity index is 1650. The summed E-state index contributed by atoms with van der Waals surface area (Å²) in [5, 5.41) is 10.1. The smallest absolute Gasteiger partial charge is 0.306 e. The number of aromatic nitrogens is 3. The highest BCUT2D eigenvalue weighted by molar-refractivity contribution is 5.83. The van der Waals surface area contributed by atoms with E-state index in [1.807, 2.05) is 57.0 Å². The van der Waals surface area contributed by atoms with Crippen molar-refractivity contribution < 1.29 is 9.90 Å². The molecule has 2 aliphatic rings. The maximum Gasteiger partial charge on any atom is 0.306 e. The molecule has 0 radical (unpaired) electrons. The number of hydrogen-bond acceptors (Lipinski definition) is 7. The average Bonchev–Trinajstić information content (AvgIpc) is 3.03. The Morgan fingerprint density at radius 3 is 2.58 bits per heavy atom. The number of hydrogen-bond donors (Lipinski definition) is 1. The van der Waals surface area contributed by atoms with Crippen LogP contribution in [0.15, 0.2) is 72.0 Å². The second-order valence-corrected chi connectivity index (χ2v) is 12.1. The molecule has 0 spiro atoms. The van der Waals surface area contributed by atoms with Crippen molar-refractivity contribution in [3.8, 4) is 0 Å². The van der Waals surface area contributed by atoms with Gasteiger partial charge < -0.3 is 19.5 Å². The molecule has 1 atom stereocenters. The van der Waals surface area contributed by atoms with Crippen LogP contribution >= 0.6 is 0 Å². The monoisotopic (exact) mass is 580 g/mol. The van der Waals surface area contributed by atoms with Gasteiger partial charge in [-0.3, -0.25) is 24.5 Å². The first-order valence-corrected chi connectivity index (χ1v) is 15.3. The van der Waals surface area contributed by atoms with Crippen LogP contribution in [0.2, 0.25) is 0 Å². The molecule has 0 amide bonds. The number of nitrogens with zero attached hydrogens (tertiary/aromatic N) is 6. The van der Waals surface area contributed by atoms with Crippen LogP contribution in [0, 0.1) is 12.8 Å². The Kier molecular flexibility index (Phi) is 8.42. The Balaban J connectivity index is 1.28. The second kappa shape index (κ2) is 12.6. The van der Waals surface area contributed by atoms with Gasteiger partial charge in [-0.2, -0.15) is 0 Å². The van der Waals surface area contributed by atoms with Crippen LogP contribution in [0.3, 0.4) is 0 Å². The van der Waals surface area contributed by atoms with E-state index in [1.54, 1.807) is 0 Å². The predicted molar refractivity (Wildman–Crippen MR) is 169 cm³/mol. The number of aliphatic carboxylic acids is 1. The van der Waals surface area contributed by atoms with Crippen LogP contribution in [-0.2, 0) is 24.9 Å².